The molecule has 0 atom stereocenters. The lowest BCUT2D eigenvalue weighted by atomic mass is 10.2. The molecule has 2 heterocycles. The summed E-state index contributed by atoms with van der Waals surface area (Å²) >= 11 is 1.35. The number of nitrogens with zero attached hydrogens (tertiary/aromatic N) is 5. The van der Waals surface area contributed by atoms with Gasteiger partial charge in [0, 0.05) is 38.3 Å². The Labute approximate surface area is 170 Å². The summed E-state index contributed by atoms with van der Waals surface area (Å²) in [7, 11) is -1.50. The second-order valence-electron chi connectivity index (χ2n) is 6.77. The highest BCUT2D eigenvalue weighted by Gasteiger charge is 2.27. The molecule has 0 unspecified atom stereocenters. The summed E-state index contributed by atoms with van der Waals surface area (Å²) in [6, 6.07) is 6.77. The maximum absolute atomic E-state index is 12.9. The Morgan fingerprint density at radius 2 is 1.75 bits per heavy atom. The van der Waals surface area contributed by atoms with Gasteiger partial charge >= 0.3 is 0 Å². The Morgan fingerprint density at radius 3 is 2.32 bits per heavy atom. The number of rotatable bonds is 7. The SMILES string of the molecule is CCn1c(SCC(C)=O)nnc1-c1ccc(S(=O)(=O)N2CCN(C)CC2)cc1. The van der Waals surface area contributed by atoms with E-state index >= 15 is 0 Å². The lowest BCUT2D eigenvalue weighted by Gasteiger charge is -2.31. The lowest BCUT2D eigenvalue weighted by Crippen LogP contribution is -2.46. The number of carbonyl (C=O) groups excluding carboxylic acids is 1. The van der Waals surface area contributed by atoms with E-state index in [4.69, 9.17) is 0 Å². The quantitative estimate of drug-likeness (QED) is 0.625. The molecule has 0 N–H and O–H groups in total. The molecule has 10 heteroatoms. The summed E-state index contributed by atoms with van der Waals surface area (Å²) in [6.07, 6.45) is 0. The van der Waals surface area contributed by atoms with Crippen LogP contribution in [0.1, 0.15) is 13.8 Å². The summed E-state index contributed by atoms with van der Waals surface area (Å²) in [6.45, 7) is 6.65. The predicted molar refractivity (Wildman–Crippen MR) is 109 cm³/mol. The molecule has 0 aliphatic carbocycles. The number of benzene rings is 1. The van der Waals surface area contributed by atoms with Crippen LogP contribution in [0.5, 0.6) is 0 Å². The number of thioether (sulfide) groups is 1. The number of likely N-dealkylation sites (N-methyl/N-ethyl adjacent to an activating group) is 1. The van der Waals surface area contributed by atoms with Gasteiger partial charge in [0.05, 0.1) is 10.6 Å². The summed E-state index contributed by atoms with van der Waals surface area (Å²) in [5.74, 6) is 1.09. The number of hydrogen-bond acceptors (Lipinski definition) is 7. The molecule has 3 rings (SSSR count). The Morgan fingerprint density at radius 1 is 1.11 bits per heavy atom. The van der Waals surface area contributed by atoms with Gasteiger partial charge in [-0.3, -0.25) is 4.79 Å². The topological polar surface area (TPSA) is 88.4 Å². The van der Waals surface area contributed by atoms with E-state index in [9.17, 15) is 13.2 Å². The van der Waals surface area contributed by atoms with Crippen LogP contribution in [0.4, 0.5) is 0 Å². The van der Waals surface area contributed by atoms with E-state index in [1.54, 1.807) is 31.2 Å². The first-order valence-corrected chi connectivity index (χ1v) is 11.6. The highest BCUT2D eigenvalue weighted by molar-refractivity contribution is 7.99. The molecule has 0 spiro atoms. The first-order valence-electron chi connectivity index (χ1n) is 9.17. The number of piperazine rings is 1. The third kappa shape index (κ3) is 4.45. The van der Waals surface area contributed by atoms with Crippen molar-refractivity contribution in [2.75, 3.05) is 39.0 Å². The molecule has 1 aliphatic rings. The van der Waals surface area contributed by atoms with Gasteiger partial charge in [0.25, 0.3) is 0 Å². The van der Waals surface area contributed by atoms with Crippen LogP contribution in [0.25, 0.3) is 11.4 Å². The summed E-state index contributed by atoms with van der Waals surface area (Å²) in [5.41, 5.74) is 0.793. The minimum absolute atomic E-state index is 0.0793. The maximum atomic E-state index is 12.9. The Kier molecular flexibility index (Phi) is 6.54. The van der Waals surface area contributed by atoms with Gasteiger partial charge in [-0.05, 0) is 45.2 Å². The molecular formula is C18H25N5O3S2. The minimum atomic E-state index is -3.49. The van der Waals surface area contributed by atoms with Crippen molar-refractivity contribution in [2.24, 2.45) is 0 Å². The van der Waals surface area contributed by atoms with Gasteiger partial charge in [0.1, 0.15) is 5.78 Å². The number of ketones is 1. The average Bonchev–Trinajstić information content (AvgIpc) is 3.09. The third-order valence-electron chi connectivity index (χ3n) is 4.65. The van der Waals surface area contributed by atoms with Gasteiger partial charge in [-0.1, -0.05) is 11.8 Å². The summed E-state index contributed by atoms with van der Waals surface area (Å²) < 4.78 is 29.2. The van der Waals surface area contributed by atoms with E-state index in [1.165, 1.54) is 16.1 Å². The van der Waals surface area contributed by atoms with Gasteiger partial charge in [0.15, 0.2) is 11.0 Å². The largest absolute Gasteiger partial charge is 0.304 e. The molecule has 28 heavy (non-hydrogen) atoms. The fourth-order valence-electron chi connectivity index (χ4n) is 3.01. The molecule has 1 saturated heterocycles. The van der Waals surface area contributed by atoms with Crippen molar-refractivity contribution in [3.63, 3.8) is 0 Å². The molecule has 0 amide bonds. The van der Waals surface area contributed by atoms with E-state index in [-0.39, 0.29) is 10.7 Å². The van der Waals surface area contributed by atoms with Crippen LogP contribution in [-0.2, 0) is 21.4 Å². The van der Waals surface area contributed by atoms with Gasteiger partial charge in [-0.25, -0.2) is 8.42 Å². The zero-order chi connectivity index (χ0) is 20.3. The summed E-state index contributed by atoms with van der Waals surface area (Å²) in [4.78, 5) is 13.6. The normalized spacial score (nSPS) is 16.4. The van der Waals surface area contributed by atoms with Crippen molar-refractivity contribution in [2.45, 2.75) is 30.4 Å². The smallest absolute Gasteiger partial charge is 0.243 e. The highest BCUT2D eigenvalue weighted by atomic mass is 32.2. The first kappa shape index (κ1) is 21.0. The predicted octanol–water partition coefficient (Wildman–Crippen LogP) is 1.58. The van der Waals surface area contributed by atoms with Crippen LogP contribution in [0.15, 0.2) is 34.3 Å². The van der Waals surface area contributed by atoms with Crippen LogP contribution >= 0.6 is 11.8 Å². The third-order valence-corrected chi connectivity index (χ3v) is 7.67. The molecule has 1 fully saturated rings. The molecule has 1 aromatic carbocycles. The minimum Gasteiger partial charge on any atom is -0.304 e. The van der Waals surface area contributed by atoms with Crippen molar-refractivity contribution in [1.29, 1.82) is 0 Å². The summed E-state index contributed by atoms with van der Waals surface area (Å²) in [5, 5.41) is 9.10. The molecule has 0 bridgehead atoms. The van der Waals surface area contributed by atoms with Crippen LogP contribution in [-0.4, -0.2) is 77.2 Å². The number of sulfonamides is 1. The fourth-order valence-corrected chi connectivity index (χ4v) is 5.24. The van der Waals surface area contributed by atoms with Crippen LogP contribution < -0.4 is 0 Å². The average molecular weight is 424 g/mol. The van der Waals surface area contributed by atoms with Gasteiger partial charge in [-0.15, -0.1) is 10.2 Å². The van der Waals surface area contributed by atoms with Gasteiger partial charge in [0.2, 0.25) is 10.0 Å². The number of aromatic nitrogens is 3. The molecule has 8 nitrogen and oxygen atoms in total. The second kappa shape index (κ2) is 8.73. The molecule has 1 aromatic heterocycles. The van der Waals surface area contributed by atoms with E-state index in [0.29, 0.717) is 36.4 Å². The number of hydrogen-bond donors (Lipinski definition) is 0. The number of carbonyl (C=O) groups is 1. The van der Waals surface area contributed by atoms with Crippen LogP contribution in [0.2, 0.25) is 0 Å². The van der Waals surface area contributed by atoms with Crippen molar-refractivity contribution in [1.82, 2.24) is 24.0 Å². The molecule has 2 aromatic rings. The Bertz CT molecular complexity index is 933. The zero-order valence-corrected chi connectivity index (χ0v) is 18.0. The highest BCUT2D eigenvalue weighted by Crippen LogP contribution is 2.26. The van der Waals surface area contributed by atoms with E-state index in [0.717, 1.165) is 18.7 Å². The lowest BCUT2D eigenvalue weighted by molar-refractivity contribution is -0.114. The monoisotopic (exact) mass is 423 g/mol. The molecule has 0 radical (unpaired) electrons. The van der Waals surface area contributed by atoms with Crippen molar-refractivity contribution in [3.8, 4) is 11.4 Å². The second-order valence-corrected chi connectivity index (χ2v) is 9.65. The first-order chi connectivity index (χ1) is 13.3. The molecular weight excluding hydrogens is 398 g/mol. The van der Waals surface area contributed by atoms with Gasteiger partial charge in [-0.2, -0.15) is 4.31 Å². The van der Waals surface area contributed by atoms with Crippen molar-refractivity contribution < 1.29 is 13.2 Å². The molecule has 152 valence electrons. The van der Waals surface area contributed by atoms with Crippen molar-refractivity contribution >= 4 is 27.6 Å². The van der Waals surface area contributed by atoms with E-state index in [2.05, 4.69) is 15.1 Å². The van der Waals surface area contributed by atoms with Crippen LogP contribution in [0, 0.1) is 0 Å². The van der Waals surface area contributed by atoms with Gasteiger partial charge < -0.3 is 9.47 Å². The van der Waals surface area contributed by atoms with E-state index < -0.39 is 10.0 Å². The molecule has 0 saturated carbocycles. The number of Topliss-reactive ketones (excluding diaryl/α,β-unsaturated/α-hetero) is 1. The molecule has 1 aliphatic heterocycles. The fraction of sp³-hybridized carbons (Fsp3) is 0.500. The van der Waals surface area contributed by atoms with E-state index in [1.807, 2.05) is 18.5 Å². The van der Waals surface area contributed by atoms with Crippen LogP contribution in [0.3, 0.4) is 0 Å². The van der Waals surface area contributed by atoms with Crippen molar-refractivity contribution in [3.05, 3.63) is 24.3 Å². The Balaban J connectivity index is 1.82. The zero-order valence-electron chi connectivity index (χ0n) is 16.3. The standard InChI is InChI=1S/C18H25N5O3S2/c1-4-23-17(19-20-18(23)27-13-14(2)24)15-5-7-16(8-6-15)28(25,26)22-11-9-21(3)10-12-22/h5-8H,4,9-13H2,1-3H3. The maximum Gasteiger partial charge on any atom is 0.243 e. The Hall–Kier alpha value is -1.75.